The molecule has 0 aliphatic carbocycles. The maximum Gasteiger partial charge on any atom is 0.205 e. The average Bonchev–Trinajstić information content (AvgIpc) is 2.43. The summed E-state index contributed by atoms with van der Waals surface area (Å²) in [5.74, 6) is -8.29. The fourth-order valence-corrected chi connectivity index (χ4v) is 1.41. The number of rotatable bonds is 2. The molecule has 2 nitrogen and oxygen atoms in total. The molecule has 0 saturated heterocycles. The van der Waals surface area contributed by atoms with Gasteiger partial charge in [-0.15, -0.1) is 0 Å². The smallest absolute Gasteiger partial charge is 0.205 e. The molecule has 2 aromatic rings. The summed E-state index contributed by atoms with van der Waals surface area (Å²) < 4.78 is 58.4. The Morgan fingerprint density at radius 2 is 1.37 bits per heavy atom. The van der Waals surface area contributed by atoms with E-state index >= 15 is 0 Å². The number of halogens is 4. The van der Waals surface area contributed by atoms with Crippen LogP contribution in [-0.2, 0) is 0 Å². The van der Waals surface area contributed by atoms with Crippen molar-refractivity contribution in [2.24, 2.45) is 0 Å². The summed E-state index contributed by atoms with van der Waals surface area (Å²) in [5, 5.41) is 8.42. The molecule has 0 amide bonds. The summed E-state index contributed by atoms with van der Waals surface area (Å²) in [4.78, 5) is 0. The van der Waals surface area contributed by atoms with Crippen LogP contribution in [0.5, 0.6) is 11.5 Å². The van der Waals surface area contributed by atoms with Crippen LogP contribution in [0.2, 0.25) is 0 Å². The molecule has 6 heteroatoms. The summed E-state index contributed by atoms with van der Waals surface area (Å²) in [7, 11) is 0. The lowest BCUT2D eigenvalue weighted by molar-refractivity contribution is 0.364. The van der Waals surface area contributed by atoms with Gasteiger partial charge in [-0.1, -0.05) is 18.2 Å². The minimum atomic E-state index is -1.78. The molecule has 0 unspecified atom stereocenters. The van der Waals surface area contributed by atoms with E-state index in [-0.39, 0.29) is 5.75 Å². The quantitative estimate of drug-likeness (QED) is 0.610. The van der Waals surface area contributed by atoms with E-state index in [2.05, 4.69) is 0 Å². The van der Waals surface area contributed by atoms with Gasteiger partial charge < -0.3 is 4.74 Å². The number of ether oxygens (including phenoxy) is 1. The fourth-order valence-electron chi connectivity index (χ4n) is 1.41. The lowest BCUT2D eigenvalue weighted by Crippen LogP contribution is -2.03. The van der Waals surface area contributed by atoms with Crippen LogP contribution in [0.15, 0.2) is 30.3 Å². The molecule has 0 bridgehead atoms. The number of nitriles is 1. The van der Waals surface area contributed by atoms with E-state index in [0.29, 0.717) is 0 Å². The zero-order valence-electron chi connectivity index (χ0n) is 9.25. The van der Waals surface area contributed by atoms with Crippen molar-refractivity contribution in [1.82, 2.24) is 0 Å². The number of nitrogens with zero attached hydrogens (tertiary/aromatic N) is 1. The lowest BCUT2D eigenvalue weighted by Gasteiger charge is -2.09. The Hall–Kier alpha value is -2.55. The van der Waals surface area contributed by atoms with Gasteiger partial charge in [-0.3, -0.25) is 0 Å². The van der Waals surface area contributed by atoms with Gasteiger partial charge in [0.1, 0.15) is 17.4 Å². The second-order valence-corrected chi connectivity index (χ2v) is 3.49. The molecule has 0 aliphatic heterocycles. The second kappa shape index (κ2) is 4.98. The van der Waals surface area contributed by atoms with Gasteiger partial charge in [0.2, 0.25) is 17.4 Å². The number of para-hydroxylation sites is 1. The molecule has 0 N–H and O–H groups in total. The lowest BCUT2D eigenvalue weighted by atomic mass is 10.2. The minimum Gasteiger partial charge on any atom is -0.451 e. The van der Waals surface area contributed by atoms with Crippen LogP contribution in [0.25, 0.3) is 0 Å². The van der Waals surface area contributed by atoms with Gasteiger partial charge in [-0.25, -0.2) is 8.78 Å². The number of hydrogen-bond donors (Lipinski definition) is 0. The first-order chi connectivity index (χ1) is 9.06. The molecular weight excluding hydrogens is 262 g/mol. The number of hydrogen-bond acceptors (Lipinski definition) is 2. The van der Waals surface area contributed by atoms with Gasteiger partial charge in [0.05, 0.1) is 0 Å². The molecule has 0 atom stereocenters. The molecule has 19 heavy (non-hydrogen) atoms. The van der Waals surface area contributed by atoms with Crippen LogP contribution in [-0.4, -0.2) is 0 Å². The van der Waals surface area contributed by atoms with Gasteiger partial charge >= 0.3 is 0 Å². The average molecular weight is 267 g/mol. The van der Waals surface area contributed by atoms with E-state index in [4.69, 9.17) is 10.00 Å². The third-order valence-corrected chi connectivity index (χ3v) is 2.30. The predicted octanol–water partition coefficient (Wildman–Crippen LogP) is 3.91. The zero-order valence-corrected chi connectivity index (χ0v) is 9.25. The molecule has 96 valence electrons. The van der Waals surface area contributed by atoms with Crippen LogP contribution < -0.4 is 4.74 Å². The first kappa shape index (κ1) is 12.9. The molecule has 0 aliphatic rings. The monoisotopic (exact) mass is 267 g/mol. The van der Waals surface area contributed by atoms with Gasteiger partial charge in [-0.05, 0) is 12.1 Å². The van der Waals surface area contributed by atoms with Crippen molar-refractivity contribution in [3.63, 3.8) is 0 Å². The van der Waals surface area contributed by atoms with Crippen molar-refractivity contribution >= 4 is 0 Å². The summed E-state index contributed by atoms with van der Waals surface area (Å²) >= 11 is 0. The van der Waals surface area contributed by atoms with Gasteiger partial charge in [0.25, 0.3) is 0 Å². The molecule has 0 heterocycles. The van der Waals surface area contributed by atoms with Crippen molar-refractivity contribution in [2.45, 2.75) is 0 Å². The first-order valence-electron chi connectivity index (χ1n) is 5.05. The third kappa shape index (κ3) is 2.22. The first-order valence-corrected chi connectivity index (χ1v) is 5.05. The van der Waals surface area contributed by atoms with E-state index < -0.39 is 34.6 Å². The molecule has 0 aromatic heterocycles. The Bertz CT molecular complexity index is 636. The largest absolute Gasteiger partial charge is 0.451 e. The predicted molar refractivity (Wildman–Crippen MR) is 57.5 cm³/mol. The Kier molecular flexibility index (Phi) is 3.38. The Balaban J connectivity index is 2.57. The molecule has 2 rings (SSSR count). The molecule has 0 radical (unpaired) electrons. The van der Waals surface area contributed by atoms with Crippen molar-refractivity contribution in [3.05, 3.63) is 59.2 Å². The Morgan fingerprint density at radius 3 is 1.84 bits per heavy atom. The zero-order chi connectivity index (χ0) is 14.0. The minimum absolute atomic E-state index is 0.00353. The maximum atomic E-state index is 13.5. The summed E-state index contributed by atoms with van der Waals surface area (Å²) in [6, 6.07) is 8.41. The van der Waals surface area contributed by atoms with Crippen LogP contribution in [0.4, 0.5) is 17.6 Å². The highest BCUT2D eigenvalue weighted by molar-refractivity contribution is 5.42. The van der Waals surface area contributed by atoms with E-state index in [1.165, 1.54) is 24.3 Å². The van der Waals surface area contributed by atoms with Gasteiger partial charge in [0, 0.05) is 0 Å². The second-order valence-electron chi connectivity index (χ2n) is 3.49. The molecular formula is C13H5F4NO. The normalized spacial score (nSPS) is 10.1. The Morgan fingerprint density at radius 1 is 0.842 bits per heavy atom. The summed E-state index contributed by atoms with van der Waals surface area (Å²) in [6.07, 6.45) is 0. The van der Waals surface area contributed by atoms with E-state index in [1.807, 2.05) is 0 Å². The SMILES string of the molecule is N#Cc1c(F)c(F)c(Oc2ccccc2)c(F)c1F. The van der Waals surface area contributed by atoms with Crippen molar-refractivity contribution in [1.29, 1.82) is 5.26 Å². The molecule has 0 fully saturated rings. The van der Waals surface area contributed by atoms with Crippen molar-refractivity contribution < 1.29 is 22.3 Å². The van der Waals surface area contributed by atoms with Crippen LogP contribution >= 0.6 is 0 Å². The summed E-state index contributed by atoms with van der Waals surface area (Å²) in [6.45, 7) is 0. The van der Waals surface area contributed by atoms with Crippen LogP contribution in [0.1, 0.15) is 5.56 Å². The highest BCUT2D eigenvalue weighted by atomic mass is 19.2. The molecule has 0 spiro atoms. The highest BCUT2D eigenvalue weighted by Crippen LogP contribution is 2.32. The summed E-state index contributed by atoms with van der Waals surface area (Å²) in [5.41, 5.74) is -1.32. The number of benzene rings is 2. The molecule has 2 aromatic carbocycles. The highest BCUT2D eigenvalue weighted by Gasteiger charge is 2.27. The fraction of sp³-hybridized carbons (Fsp3) is 0. The molecule has 0 saturated carbocycles. The Labute approximate surface area is 105 Å². The van der Waals surface area contributed by atoms with Crippen LogP contribution in [0, 0.1) is 34.6 Å². The van der Waals surface area contributed by atoms with Gasteiger partial charge in [0.15, 0.2) is 11.6 Å². The third-order valence-electron chi connectivity index (χ3n) is 2.30. The van der Waals surface area contributed by atoms with Crippen molar-refractivity contribution in [3.8, 4) is 17.6 Å². The van der Waals surface area contributed by atoms with E-state index in [0.717, 1.165) is 6.07 Å². The van der Waals surface area contributed by atoms with Gasteiger partial charge in [-0.2, -0.15) is 14.0 Å². The maximum absolute atomic E-state index is 13.5. The topological polar surface area (TPSA) is 33.0 Å². The van der Waals surface area contributed by atoms with Crippen molar-refractivity contribution in [2.75, 3.05) is 0 Å². The van der Waals surface area contributed by atoms with E-state index in [1.54, 1.807) is 6.07 Å². The standard InChI is InChI=1S/C13H5F4NO/c14-9-8(6-18)10(15)12(17)13(11(9)16)19-7-4-2-1-3-5-7/h1-5H. The van der Waals surface area contributed by atoms with E-state index in [9.17, 15) is 17.6 Å². The van der Waals surface area contributed by atoms with Crippen LogP contribution in [0.3, 0.4) is 0 Å².